The Labute approximate surface area is 138 Å². The van der Waals surface area contributed by atoms with Crippen molar-refractivity contribution in [2.45, 2.75) is 33.6 Å². The predicted octanol–water partition coefficient (Wildman–Crippen LogP) is 4.70. The molecule has 112 valence electrons. The van der Waals surface area contributed by atoms with E-state index in [9.17, 15) is 9.90 Å². The number of halogens is 1. The SMILES string of the molecule is Cc1ccc(NC(=S)C2=C(O)CC(C)(C)CC2=O)c(Br)c1. The van der Waals surface area contributed by atoms with Crippen LogP contribution in [0.3, 0.4) is 0 Å². The second-order valence-corrected chi connectivity index (χ2v) is 7.46. The summed E-state index contributed by atoms with van der Waals surface area (Å²) in [6.07, 6.45) is 0.855. The van der Waals surface area contributed by atoms with Crippen LogP contribution in [0.5, 0.6) is 0 Å². The number of carbonyl (C=O) groups excluding carboxylic acids is 1. The van der Waals surface area contributed by atoms with Gasteiger partial charge in [0.1, 0.15) is 10.7 Å². The number of hydrogen-bond acceptors (Lipinski definition) is 3. The number of Topliss-reactive ketones (excluding diaryl/α,β-unsaturated/α-hetero) is 1. The highest BCUT2D eigenvalue weighted by molar-refractivity contribution is 9.10. The maximum absolute atomic E-state index is 12.2. The third-order valence-corrected chi connectivity index (χ3v) is 4.41. The maximum Gasteiger partial charge on any atom is 0.169 e. The molecule has 3 nitrogen and oxygen atoms in total. The first-order valence-corrected chi connectivity index (χ1v) is 7.92. The highest BCUT2D eigenvalue weighted by atomic mass is 79.9. The van der Waals surface area contributed by atoms with Crippen molar-refractivity contribution in [3.63, 3.8) is 0 Å². The smallest absolute Gasteiger partial charge is 0.169 e. The fourth-order valence-electron chi connectivity index (χ4n) is 2.45. The molecule has 2 rings (SSSR count). The highest BCUT2D eigenvalue weighted by Crippen LogP contribution is 2.36. The lowest BCUT2D eigenvalue weighted by Crippen LogP contribution is -2.31. The minimum absolute atomic E-state index is 0.0805. The molecule has 5 heteroatoms. The molecule has 1 aliphatic carbocycles. The summed E-state index contributed by atoms with van der Waals surface area (Å²) in [6.45, 7) is 5.92. The molecule has 0 aromatic heterocycles. The van der Waals surface area contributed by atoms with Gasteiger partial charge in [-0.1, -0.05) is 32.1 Å². The molecule has 0 fully saturated rings. The number of aliphatic hydroxyl groups excluding tert-OH is 1. The van der Waals surface area contributed by atoms with Gasteiger partial charge in [-0.2, -0.15) is 0 Å². The normalized spacial score (nSPS) is 17.8. The Kier molecular flexibility index (Phi) is 4.54. The summed E-state index contributed by atoms with van der Waals surface area (Å²) in [6, 6.07) is 5.81. The summed E-state index contributed by atoms with van der Waals surface area (Å²) in [7, 11) is 0. The Hall–Kier alpha value is -1.20. The molecule has 2 N–H and O–H groups in total. The number of anilines is 1. The van der Waals surface area contributed by atoms with E-state index in [0.29, 0.717) is 12.8 Å². The van der Waals surface area contributed by atoms with Gasteiger partial charge in [0.2, 0.25) is 0 Å². The van der Waals surface area contributed by atoms with E-state index in [1.54, 1.807) is 0 Å². The zero-order valence-corrected chi connectivity index (χ0v) is 14.7. The Morgan fingerprint density at radius 3 is 2.62 bits per heavy atom. The molecule has 0 spiro atoms. The molecule has 0 atom stereocenters. The number of rotatable bonds is 2. The van der Waals surface area contributed by atoms with Gasteiger partial charge in [0, 0.05) is 17.3 Å². The van der Waals surface area contributed by atoms with Crippen molar-refractivity contribution in [2.75, 3.05) is 5.32 Å². The molecule has 0 saturated heterocycles. The minimum Gasteiger partial charge on any atom is -0.511 e. The number of carbonyl (C=O) groups is 1. The number of ketones is 1. The second-order valence-electron chi connectivity index (χ2n) is 6.20. The molecule has 21 heavy (non-hydrogen) atoms. The molecule has 0 aliphatic heterocycles. The number of aliphatic hydroxyl groups is 1. The molecule has 1 aliphatic rings. The van der Waals surface area contributed by atoms with Crippen LogP contribution >= 0.6 is 28.1 Å². The van der Waals surface area contributed by atoms with Crippen LogP contribution < -0.4 is 5.32 Å². The number of allylic oxidation sites excluding steroid dienone is 1. The lowest BCUT2D eigenvalue weighted by Gasteiger charge is -2.29. The van der Waals surface area contributed by atoms with E-state index in [2.05, 4.69) is 21.2 Å². The molecule has 0 heterocycles. The predicted molar refractivity (Wildman–Crippen MR) is 92.8 cm³/mol. The average Bonchev–Trinajstić information content (AvgIpc) is 2.30. The van der Waals surface area contributed by atoms with Gasteiger partial charge in [0.25, 0.3) is 0 Å². The summed E-state index contributed by atoms with van der Waals surface area (Å²) in [5, 5.41) is 13.2. The summed E-state index contributed by atoms with van der Waals surface area (Å²) in [5.74, 6) is -0.0264. The number of thiocarbonyl (C=S) groups is 1. The fraction of sp³-hybridized carbons (Fsp3) is 0.375. The average molecular weight is 368 g/mol. The first kappa shape index (κ1) is 16.2. The van der Waals surface area contributed by atoms with Crippen molar-refractivity contribution in [3.8, 4) is 0 Å². The van der Waals surface area contributed by atoms with E-state index in [-0.39, 0.29) is 27.5 Å². The van der Waals surface area contributed by atoms with E-state index < -0.39 is 0 Å². The summed E-state index contributed by atoms with van der Waals surface area (Å²) < 4.78 is 0.869. The third kappa shape index (κ3) is 3.71. The Morgan fingerprint density at radius 2 is 2.05 bits per heavy atom. The summed E-state index contributed by atoms with van der Waals surface area (Å²) >= 11 is 8.77. The highest BCUT2D eigenvalue weighted by Gasteiger charge is 2.34. The van der Waals surface area contributed by atoms with E-state index in [1.807, 2.05) is 39.0 Å². The van der Waals surface area contributed by atoms with Gasteiger partial charge in [0.05, 0.1) is 11.3 Å². The van der Waals surface area contributed by atoms with Crippen LogP contribution in [-0.2, 0) is 4.79 Å². The molecule has 1 aromatic carbocycles. The first-order valence-electron chi connectivity index (χ1n) is 6.72. The van der Waals surface area contributed by atoms with Gasteiger partial charge < -0.3 is 10.4 Å². The second kappa shape index (κ2) is 5.89. The van der Waals surface area contributed by atoms with Crippen LogP contribution in [0, 0.1) is 12.3 Å². The summed E-state index contributed by atoms with van der Waals surface area (Å²) in [4.78, 5) is 12.5. The topological polar surface area (TPSA) is 49.3 Å². The lowest BCUT2D eigenvalue weighted by atomic mass is 9.76. The van der Waals surface area contributed by atoms with Crippen molar-refractivity contribution in [1.82, 2.24) is 0 Å². The molecule has 0 amide bonds. The van der Waals surface area contributed by atoms with Crippen molar-refractivity contribution >= 4 is 44.6 Å². The van der Waals surface area contributed by atoms with Gasteiger partial charge in [-0.05, 0) is 46.0 Å². The van der Waals surface area contributed by atoms with Gasteiger partial charge >= 0.3 is 0 Å². The largest absolute Gasteiger partial charge is 0.511 e. The molecule has 0 radical (unpaired) electrons. The van der Waals surface area contributed by atoms with Crippen molar-refractivity contribution < 1.29 is 9.90 Å². The van der Waals surface area contributed by atoms with Gasteiger partial charge in [-0.3, -0.25) is 4.79 Å². The Balaban J connectivity index is 2.26. The van der Waals surface area contributed by atoms with Crippen molar-refractivity contribution in [1.29, 1.82) is 0 Å². The zero-order chi connectivity index (χ0) is 15.8. The number of nitrogens with one attached hydrogen (secondary N) is 1. The molecule has 0 unspecified atom stereocenters. The Bertz CT molecular complexity index is 650. The first-order chi connectivity index (χ1) is 9.69. The maximum atomic E-state index is 12.2. The zero-order valence-electron chi connectivity index (χ0n) is 12.3. The van der Waals surface area contributed by atoms with Crippen LogP contribution in [0.2, 0.25) is 0 Å². The molecule has 0 saturated carbocycles. The van der Waals surface area contributed by atoms with Crippen molar-refractivity contribution in [3.05, 3.63) is 39.6 Å². The number of benzene rings is 1. The standard InChI is InChI=1S/C16H18BrNO2S/c1-9-4-5-11(10(17)6-9)18-15(21)14-12(19)7-16(2,3)8-13(14)20/h4-6,19H,7-8H2,1-3H3,(H,18,21). The van der Waals surface area contributed by atoms with Gasteiger partial charge in [0.15, 0.2) is 5.78 Å². The minimum atomic E-state index is -0.218. The number of aryl methyl sites for hydroxylation is 1. The van der Waals surface area contributed by atoms with Crippen LogP contribution in [-0.4, -0.2) is 15.9 Å². The van der Waals surface area contributed by atoms with Gasteiger partial charge in [-0.15, -0.1) is 0 Å². The van der Waals surface area contributed by atoms with E-state index in [0.717, 1.165) is 15.7 Å². The lowest BCUT2D eigenvalue weighted by molar-refractivity contribution is -0.117. The van der Waals surface area contributed by atoms with Gasteiger partial charge in [-0.25, -0.2) is 0 Å². The van der Waals surface area contributed by atoms with Crippen LogP contribution in [0.4, 0.5) is 5.69 Å². The third-order valence-electron chi connectivity index (χ3n) is 3.45. The molecular weight excluding hydrogens is 350 g/mol. The molecule has 0 bridgehead atoms. The summed E-state index contributed by atoms with van der Waals surface area (Å²) in [5.41, 5.74) is 1.93. The quantitative estimate of drug-likeness (QED) is 0.743. The Morgan fingerprint density at radius 1 is 1.38 bits per heavy atom. The fourth-order valence-corrected chi connectivity index (χ4v) is 3.39. The van der Waals surface area contributed by atoms with E-state index in [4.69, 9.17) is 12.2 Å². The van der Waals surface area contributed by atoms with Crippen molar-refractivity contribution in [2.24, 2.45) is 5.41 Å². The molecular formula is C16H18BrNO2S. The van der Waals surface area contributed by atoms with Crippen LogP contribution in [0.1, 0.15) is 32.3 Å². The van der Waals surface area contributed by atoms with E-state index >= 15 is 0 Å². The molecule has 1 aromatic rings. The number of hydrogen-bond donors (Lipinski definition) is 2. The van der Waals surface area contributed by atoms with Crippen LogP contribution in [0.25, 0.3) is 0 Å². The van der Waals surface area contributed by atoms with Crippen LogP contribution in [0.15, 0.2) is 34.0 Å². The monoisotopic (exact) mass is 367 g/mol. The van der Waals surface area contributed by atoms with E-state index in [1.165, 1.54) is 0 Å².